The minimum Gasteiger partial charge on any atom is -0.496 e. The third-order valence-corrected chi connectivity index (χ3v) is 4.44. The molecular formula is C17H23NO4. The summed E-state index contributed by atoms with van der Waals surface area (Å²) in [5.74, 6) is -0.691. The molecule has 2 rings (SSSR count). The summed E-state index contributed by atoms with van der Waals surface area (Å²) in [4.78, 5) is 25.3. The molecule has 0 heterocycles. The van der Waals surface area contributed by atoms with E-state index in [-0.39, 0.29) is 12.5 Å². The molecule has 1 amide bonds. The van der Waals surface area contributed by atoms with Crippen LogP contribution in [0.1, 0.15) is 30.9 Å². The van der Waals surface area contributed by atoms with Crippen molar-refractivity contribution in [2.45, 2.75) is 32.1 Å². The Balaban J connectivity index is 2.20. The molecule has 0 radical (unpaired) electrons. The molecule has 1 aliphatic carbocycles. The van der Waals surface area contributed by atoms with Crippen LogP contribution >= 0.6 is 0 Å². The smallest absolute Gasteiger partial charge is 0.308 e. The lowest BCUT2D eigenvalue weighted by Gasteiger charge is -2.25. The van der Waals surface area contributed by atoms with Gasteiger partial charge in [-0.2, -0.15) is 0 Å². The topological polar surface area (TPSA) is 66.8 Å². The van der Waals surface area contributed by atoms with Gasteiger partial charge in [0.25, 0.3) is 0 Å². The number of benzene rings is 1. The van der Waals surface area contributed by atoms with Crippen LogP contribution in [-0.4, -0.2) is 42.6 Å². The predicted octanol–water partition coefficient (Wildman–Crippen LogP) is 2.21. The number of carboxylic acid groups (broad SMARTS) is 1. The number of carbonyl (C=O) groups is 2. The number of aryl methyl sites for hydroxylation is 1. The zero-order valence-corrected chi connectivity index (χ0v) is 13.5. The number of carbonyl (C=O) groups excluding carboxylic acids is 1. The molecule has 0 unspecified atom stereocenters. The lowest BCUT2D eigenvalue weighted by Crippen LogP contribution is -2.40. The fourth-order valence-corrected chi connectivity index (χ4v) is 2.81. The van der Waals surface area contributed by atoms with Crippen LogP contribution in [0.4, 0.5) is 0 Å². The minimum absolute atomic E-state index is 0.00786. The van der Waals surface area contributed by atoms with E-state index in [0.29, 0.717) is 0 Å². The molecule has 1 fully saturated rings. The fraction of sp³-hybridized carbons (Fsp3) is 0.529. The monoisotopic (exact) mass is 305 g/mol. The van der Waals surface area contributed by atoms with E-state index < -0.39 is 17.3 Å². The van der Waals surface area contributed by atoms with Crippen molar-refractivity contribution in [3.05, 3.63) is 29.3 Å². The maximum Gasteiger partial charge on any atom is 0.308 e. The Labute approximate surface area is 130 Å². The van der Waals surface area contributed by atoms with E-state index in [1.807, 2.05) is 25.1 Å². The van der Waals surface area contributed by atoms with E-state index in [4.69, 9.17) is 9.84 Å². The number of rotatable bonds is 6. The molecule has 1 atom stereocenters. The molecule has 0 saturated heterocycles. The molecule has 1 aromatic carbocycles. The van der Waals surface area contributed by atoms with E-state index in [2.05, 4.69) is 0 Å². The maximum atomic E-state index is 12.8. The third-order valence-electron chi connectivity index (χ3n) is 4.44. The number of methoxy groups -OCH3 is 1. The molecule has 5 heteroatoms. The fourth-order valence-electron chi connectivity index (χ4n) is 2.81. The summed E-state index contributed by atoms with van der Waals surface area (Å²) in [7, 11) is 3.29. The van der Waals surface area contributed by atoms with Crippen LogP contribution in [0.2, 0.25) is 0 Å². The summed E-state index contributed by atoms with van der Waals surface area (Å²) >= 11 is 0. The van der Waals surface area contributed by atoms with E-state index >= 15 is 0 Å². The highest BCUT2D eigenvalue weighted by atomic mass is 16.5. The highest BCUT2D eigenvalue weighted by Crippen LogP contribution is 2.50. The van der Waals surface area contributed by atoms with Crippen molar-refractivity contribution in [3.63, 3.8) is 0 Å². The Hall–Kier alpha value is -2.04. The SMILES string of the molecule is COc1cc(C2(C(=O)N(C)C[C@@H](C)C(=O)O)CC2)ccc1C. The number of carboxylic acids is 1. The highest BCUT2D eigenvalue weighted by molar-refractivity contribution is 5.91. The molecule has 0 aromatic heterocycles. The van der Waals surface area contributed by atoms with Crippen LogP contribution in [-0.2, 0) is 15.0 Å². The van der Waals surface area contributed by atoms with Crippen LogP contribution in [0.15, 0.2) is 18.2 Å². The summed E-state index contributed by atoms with van der Waals surface area (Å²) in [6.07, 6.45) is 1.59. The van der Waals surface area contributed by atoms with E-state index in [0.717, 1.165) is 29.7 Å². The van der Waals surface area contributed by atoms with Crippen molar-refractivity contribution in [2.24, 2.45) is 5.92 Å². The molecule has 22 heavy (non-hydrogen) atoms. The number of likely N-dealkylation sites (N-methyl/N-ethyl adjacent to an activating group) is 1. The molecule has 1 N–H and O–H groups in total. The number of amides is 1. The second kappa shape index (κ2) is 5.99. The molecule has 120 valence electrons. The van der Waals surface area contributed by atoms with Gasteiger partial charge in [-0.1, -0.05) is 19.1 Å². The summed E-state index contributed by atoms with van der Waals surface area (Å²) in [6.45, 7) is 3.80. The first-order chi connectivity index (χ1) is 10.3. The first-order valence-corrected chi connectivity index (χ1v) is 7.45. The Morgan fingerprint density at radius 2 is 2.05 bits per heavy atom. The average Bonchev–Trinajstić information content (AvgIpc) is 3.28. The Morgan fingerprint density at radius 3 is 2.55 bits per heavy atom. The van der Waals surface area contributed by atoms with Gasteiger partial charge in [0, 0.05) is 13.6 Å². The number of aliphatic carboxylic acids is 1. The normalized spacial score (nSPS) is 16.7. The van der Waals surface area contributed by atoms with Crippen molar-refractivity contribution >= 4 is 11.9 Å². The van der Waals surface area contributed by atoms with Gasteiger partial charge in [0.15, 0.2) is 0 Å². The summed E-state index contributed by atoms with van der Waals surface area (Å²) in [5.41, 5.74) is 1.48. The largest absolute Gasteiger partial charge is 0.496 e. The minimum atomic E-state index is -0.887. The number of nitrogens with zero attached hydrogens (tertiary/aromatic N) is 1. The van der Waals surface area contributed by atoms with Crippen molar-refractivity contribution in [1.82, 2.24) is 4.90 Å². The van der Waals surface area contributed by atoms with Gasteiger partial charge in [-0.25, -0.2) is 0 Å². The molecule has 5 nitrogen and oxygen atoms in total. The second-order valence-electron chi connectivity index (χ2n) is 6.19. The molecule has 1 aromatic rings. The Kier molecular flexibility index (Phi) is 4.44. The second-order valence-corrected chi connectivity index (χ2v) is 6.19. The summed E-state index contributed by atoms with van der Waals surface area (Å²) in [6, 6.07) is 5.85. The van der Waals surface area contributed by atoms with Gasteiger partial charge in [0.2, 0.25) is 5.91 Å². The summed E-state index contributed by atoms with van der Waals surface area (Å²) in [5, 5.41) is 8.99. The van der Waals surface area contributed by atoms with Crippen LogP contribution in [0.5, 0.6) is 5.75 Å². The predicted molar refractivity (Wildman–Crippen MR) is 83.1 cm³/mol. The molecule has 0 spiro atoms. The van der Waals surface area contributed by atoms with E-state index in [1.165, 1.54) is 4.90 Å². The van der Waals surface area contributed by atoms with E-state index in [1.54, 1.807) is 21.1 Å². The maximum absolute atomic E-state index is 12.8. The first kappa shape index (κ1) is 16.3. The zero-order valence-electron chi connectivity index (χ0n) is 13.5. The van der Waals surface area contributed by atoms with Crippen LogP contribution < -0.4 is 4.74 Å². The van der Waals surface area contributed by atoms with Crippen LogP contribution in [0, 0.1) is 12.8 Å². The number of hydrogen-bond donors (Lipinski definition) is 1. The third kappa shape index (κ3) is 2.93. The Morgan fingerprint density at radius 1 is 1.41 bits per heavy atom. The number of hydrogen-bond acceptors (Lipinski definition) is 3. The molecule has 1 aliphatic rings. The van der Waals surface area contributed by atoms with Crippen molar-refractivity contribution in [1.29, 1.82) is 0 Å². The highest BCUT2D eigenvalue weighted by Gasteiger charge is 2.52. The lowest BCUT2D eigenvalue weighted by atomic mass is 9.93. The summed E-state index contributed by atoms with van der Waals surface area (Å²) < 4.78 is 5.34. The molecule has 1 saturated carbocycles. The van der Waals surface area contributed by atoms with E-state index in [9.17, 15) is 9.59 Å². The van der Waals surface area contributed by atoms with Crippen molar-refractivity contribution in [2.75, 3.05) is 20.7 Å². The first-order valence-electron chi connectivity index (χ1n) is 7.45. The number of ether oxygens (including phenoxy) is 1. The van der Waals surface area contributed by atoms with Crippen LogP contribution in [0.3, 0.4) is 0 Å². The van der Waals surface area contributed by atoms with Crippen molar-refractivity contribution in [3.8, 4) is 5.75 Å². The molecule has 0 bridgehead atoms. The van der Waals surface area contributed by atoms with Gasteiger partial charge in [-0.3, -0.25) is 9.59 Å². The zero-order chi connectivity index (χ0) is 16.5. The standard InChI is InChI=1S/C17H23NO4/c1-11-5-6-13(9-14(11)22-4)17(7-8-17)16(21)18(3)10-12(2)15(19)20/h5-6,9,12H,7-8,10H2,1-4H3,(H,19,20)/t12-/m1/s1. The van der Waals surface area contributed by atoms with Gasteiger partial charge < -0.3 is 14.7 Å². The molecule has 0 aliphatic heterocycles. The lowest BCUT2D eigenvalue weighted by molar-refractivity contribution is -0.143. The average molecular weight is 305 g/mol. The Bertz CT molecular complexity index is 592. The van der Waals surface area contributed by atoms with Gasteiger partial charge in [0.05, 0.1) is 18.4 Å². The van der Waals surface area contributed by atoms with Crippen LogP contribution in [0.25, 0.3) is 0 Å². The van der Waals surface area contributed by atoms with Gasteiger partial charge in [-0.05, 0) is 37.0 Å². The molecular weight excluding hydrogens is 282 g/mol. The van der Waals surface area contributed by atoms with Crippen molar-refractivity contribution < 1.29 is 19.4 Å². The van der Waals surface area contributed by atoms with Gasteiger partial charge in [-0.15, -0.1) is 0 Å². The van der Waals surface area contributed by atoms with Gasteiger partial charge >= 0.3 is 5.97 Å². The van der Waals surface area contributed by atoms with Gasteiger partial charge in [0.1, 0.15) is 5.75 Å². The quantitative estimate of drug-likeness (QED) is 0.875.